The molecule has 270 valence electrons. The summed E-state index contributed by atoms with van der Waals surface area (Å²) in [4.78, 5) is 38.8. The third-order valence-electron chi connectivity index (χ3n) is 9.63. The number of hydrogen-bond acceptors (Lipinski definition) is 10. The Kier molecular flexibility index (Phi) is 10.2. The van der Waals surface area contributed by atoms with Crippen LogP contribution in [-0.4, -0.2) is 77.2 Å². The highest BCUT2D eigenvalue weighted by atomic mass is 32.2. The molecule has 4 aromatic rings. The predicted octanol–water partition coefficient (Wildman–Crippen LogP) is 5.60. The SMILES string of the molecule is C=C[C@H]1CN2CC[C@H]1C[C@H]2[C@H](OC(=O)[C@H](Cc1cn(S(=O)(=O)c2ccc(C)cc2)cn1)NC(=O)OC(C)(C)C)c1ccnc2ccc(OC)cc12. The van der Waals surface area contributed by atoms with Crippen LogP contribution in [0, 0.1) is 18.8 Å². The number of imidazole rings is 1. The van der Waals surface area contributed by atoms with Crippen molar-refractivity contribution >= 4 is 33.0 Å². The van der Waals surface area contributed by atoms with E-state index in [2.05, 4.69) is 26.8 Å². The van der Waals surface area contributed by atoms with Gasteiger partial charge in [-0.3, -0.25) is 9.88 Å². The van der Waals surface area contributed by atoms with E-state index in [0.29, 0.717) is 17.6 Å². The van der Waals surface area contributed by atoms with Gasteiger partial charge in [0.05, 0.1) is 29.3 Å². The number of esters is 1. The number of methoxy groups -OCH3 is 1. The fourth-order valence-corrected chi connectivity index (χ4v) is 8.19. The number of aryl methyl sites for hydroxylation is 1. The van der Waals surface area contributed by atoms with Gasteiger partial charge in [-0.2, -0.15) is 0 Å². The number of nitrogens with one attached hydrogen (secondary N) is 1. The fraction of sp³-hybridized carbons (Fsp3) is 0.421. The molecule has 7 rings (SSSR count). The van der Waals surface area contributed by atoms with E-state index in [1.54, 1.807) is 46.2 Å². The van der Waals surface area contributed by atoms with Gasteiger partial charge in [0.2, 0.25) is 0 Å². The standard InChI is InChI=1S/C38H45N5O7S/c1-7-25-21-42-17-15-26(25)18-34(42)35(30-14-16-39-32-13-10-28(48-6)20-31(30)32)49-36(44)33(41-37(45)50-38(3,4)5)19-27-22-43(23-40-27)51(46,47)29-11-8-24(2)9-12-29/h7-14,16,20,22-23,25-26,33-35H,1,15,17-19,21H2,2-6H3,(H,41,45)/t25-,26-,33-,34-,35+/m0/s1. The molecule has 3 saturated heterocycles. The van der Waals surface area contributed by atoms with Crippen molar-refractivity contribution < 1.29 is 32.2 Å². The van der Waals surface area contributed by atoms with Crippen molar-refractivity contribution in [3.63, 3.8) is 0 Å². The third-order valence-corrected chi connectivity index (χ3v) is 11.3. The first-order valence-electron chi connectivity index (χ1n) is 17.1. The summed E-state index contributed by atoms with van der Waals surface area (Å²) in [6, 6.07) is 12.5. The van der Waals surface area contributed by atoms with Gasteiger partial charge in [0, 0.05) is 36.3 Å². The molecule has 6 atom stereocenters. The highest BCUT2D eigenvalue weighted by Gasteiger charge is 2.45. The topological polar surface area (TPSA) is 142 Å². The Balaban J connectivity index is 1.34. The Morgan fingerprint density at radius 2 is 1.88 bits per heavy atom. The molecule has 2 aromatic carbocycles. The molecule has 2 bridgehead atoms. The summed E-state index contributed by atoms with van der Waals surface area (Å²) in [5, 5.41) is 3.47. The number of carbonyl (C=O) groups excluding carboxylic acids is 2. The zero-order valence-electron chi connectivity index (χ0n) is 29.6. The van der Waals surface area contributed by atoms with Crippen LogP contribution in [0.2, 0.25) is 0 Å². The van der Waals surface area contributed by atoms with Crippen LogP contribution < -0.4 is 10.1 Å². The summed E-state index contributed by atoms with van der Waals surface area (Å²) >= 11 is 0. The molecule has 12 nitrogen and oxygen atoms in total. The Morgan fingerprint density at radius 3 is 2.55 bits per heavy atom. The van der Waals surface area contributed by atoms with Gasteiger partial charge in [-0.05, 0) is 95.3 Å². The summed E-state index contributed by atoms with van der Waals surface area (Å²) < 4.78 is 45.3. The quantitative estimate of drug-likeness (QED) is 0.154. The first kappa shape index (κ1) is 36.1. The molecule has 1 unspecified atom stereocenters. The molecular formula is C38H45N5O7S. The molecule has 0 saturated carbocycles. The van der Waals surface area contributed by atoms with Crippen LogP contribution in [0.25, 0.3) is 10.9 Å². The lowest BCUT2D eigenvalue weighted by Crippen LogP contribution is -2.56. The Hall–Kier alpha value is -4.75. The van der Waals surface area contributed by atoms with E-state index in [4.69, 9.17) is 14.2 Å². The highest BCUT2D eigenvalue weighted by molar-refractivity contribution is 7.90. The van der Waals surface area contributed by atoms with Crippen molar-refractivity contribution in [2.45, 2.75) is 75.6 Å². The maximum atomic E-state index is 14.4. The van der Waals surface area contributed by atoms with Crippen LogP contribution in [0.15, 0.2) is 84.8 Å². The number of ether oxygens (including phenoxy) is 3. The van der Waals surface area contributed by atoms with E-state index in [1.807, 2.05) is 37.3 Å². The van der Waals surface area contributed by atoms with Crippen molar-refractivity contribution in [3.8, 4) is 5.75 Å². The summed E-state index contributed by atoms with van der Waals surface area (Å²) in [6.45, 7) is 12.7. The molecule has 1 amide bonds. The van der Waals surface area contributed by atoms with Gasteiger partial charge in [-0.1, -0.05) is 23.8 Å². The van der Waals surface area contributed by atoms with Crippen molar-refractivity contribution in [2.24, 2.45) is 11.8 Å². The van der Waals surface area contributed by atoms with E-state index in [9.17, 15) is 18.0 Å². The fourth-order valence-electron chi connectivity index (χ4n) is 7.04. The van der Waals surface area contributed by atoms with Crippen LogP contribution >= 0.6 is 0 Å². The third kappa shape index (κ3) is 7.94. The van der Waals surface area contributed by atoms with E-state index < -0.39 is 39.8 Å². The molecule has 0 spiro atoms. The van der Waals surface area contributed by atoms with Gasteiger partial charge >= 0.3 is 12.1 Å². The lowest BCUT2D eigenvalue weighted by atomic mass is 9.73. The van der Waals surface area contributed by atoms with Gasteiger partial charge in [0.1, 0.15) is 29.8 Å². The highest BCUT2D eigenvalue weighted by Crippen LogP contribution is 2.44. The van der Waals surface area contributed by atoms with Crippen LogP contribution in [0.5, 0.6) is 5.75 Å². The van der Waals surface area contributed by atoms with Crippen molar-refractivity contribution in [3.05, 3.63) is 96.7 Å². The van der Waals surface area contributed by atoms with E-state index >= 15 is 0 Å². The van der Waals surface area contributed by atoms with Gasteiger partial charge in [0.15, 0.2) is 0 Å². The average molecular weight is 716 g/mol. The first-order valence-corrected chi connectivity index (χ1v) is 18.5. The van der Waals surface area contributed by atoms with Crippen molar-refractivity contribution in [1.29, 1.82) is 0 Å². The van der Waals surface area contributed by atoms with Gasteiger partial charge in [-0.15, -0.1) is 6.58 Å². The number of hydrogen-bond donors (Lipinski definition) is 1. The lowest BCUT2D eigenvalue weighted by molar-refractivity contribution is -0.159. The number of fused-ring (bicyclic) bond motifs is 4. The summed E-state index contributed by atoms with van der Waals surface area (Å²) in [5.41, 5.74) is 1.83. The first-order chi connectivity index (χ1) is 24.2. The zero-order valence-corrected chi connectivity index (χ0v) is 30.4. The average Bonchev–Trinajstić information content (AvgIpc) is 3.59. The number of alkyl carbamates (subject to hydrolysis) is 1. The van der Waals surface area contributed by atoms with Gasteiger partial charge in [-0.25, -0.2) is 27.0 Å². The monoisotopic (exact) mass is 715 g/mol. The molecule has 0 aliphatic carbocycles. The van der Waals surface area contributed by atoms with Gasteiger partial charge < -0.3 is 19.5 Å². The number of carbonyl (C=O) groups is 2. The summed E-state index contributed by atoms with van der Waals surface area (Å²) in [5.74, 6) is 0.655. The Bertz CT molecular complexity index is 2020. The molecule has 2 aromatic heterocycles. The second-order valence-corrected chi connectivity index (χ2v) is 16.1. The molecule has 3 aliphatic heterocycles. The zero-order chi connectivity index (χ0) is 36.5. The van der Waals surface area contributed by atoms with E-state index in [-0.39, 0.29) is 23.1 Å². The van der Waals surface area contributed by atoms with Crippen LogP contribution in [0.3, 0.4) is 0 Å². The van der Waals surface area contributed by atoms with E-state index in [0.717, 1.165) is 51.9 Å². The normalized spacial score (nSPS) is 21.4. The molecule has 13 heteroatoms. The minimum Gasteiger partial charge on any atom is -0.497 e. The lowest BCUT2D eigenvalue weighted by Gasteiger charge is -2.51. The van der Waals surface area contributed by atoms with Crippen LogP contribution in [0.1, 0.15) is 56.5 Å². The molecule has 5 heterocycles. The van der Waals surface area contributed by atoms with Crippen LogP contribution in [-0.2, 0) is 30.7 Å². The van der Waals surface area contributed by atoms with E-state index in [1.165, 1.54) is 24.7 Å². The number of pyridine rings is 1. The maximum absolute atomic E-state index is 14.4. The molecule has 51 heavy (non-hydrogen) atoms. The van der Waals surface area contributed by atoms with Crippen molar-refractivity contribution in [2.75, 3.05) is 20.2 Å². The molecule has 3 aliphatic rings. The molecule has 1 N–H and O–H groups in total. The summed E-state index contributed by atoms with van der Waals surface area (Å²) in [6.07, 6.45) is 6.35. The second kappa shape index (κ2) is 14.5. The van der Waals surface area contributed by atoms with Crippen LogP contribution in [0.4, 0.5) is 4.79 Å². The second-order valence-electron chi connectivity index (χ2n) is 14.3. The van der Waals surface area contributed by atoms with Gasteiger partial charge in [0.25, 0.3) is 10.0 Å². The largest absolute Gasteiger partial charge is 0.497 e. The minimum atomic E-state index is -3.95. The number of piperidine rings is 3. The number of nitrogens with zero attached hydrogens (tertiary/aromatic N) is 4. The number of amides is 1. The maximum Gasteiger partial charge on any atom is 0.408 e. The summed E-state index contributed by atoms with van der Waals surface area (Å²) in [7, 11) is -2.36. The number of aromatic nitrogens is 3. The predicted molar refractivity (Wildman–Crippen MR) is 192 cm³/mol. The number of benzene rings is 2. The molecule has 0 radical (unpaired) electrons. The Labute approximate surface area is 298 Å². The number of rotatable bonds is 11. The smallest absolute Gasteiger partial charge is 0.408 e. The molecule has 3 fully saturated rings. The Morgan fingerprint density at radius 1 is 1.12 bits per heavy atom. The van der Waals surface area contributed by atoms with Crippen molar-refractivity contribution in [1.82, 2.24) is 24.2 Å². The molecular weight excluding hydrogens is 671 g/mol. The minimum absolute atomic E-state index is 0.0967.